The van der Waals surface area contributed by atoms with Crippen LogP contribution in [0.1, 0.15) is 17.2 Å². The Hall–Kier alpha value is -2.75. The number of rotatable bonds is 5. The largest absolute Gasteiger partial charge is 0.508 e. The van der Waals surface area contributed by atoms with E-state index in [4.69, 9.17) is 0 Å². The van der Waals surface area contributed by atoms with Crippen LogP contribution in [0.2, 0.25) is 0 Å². The van der Waals surface area contributed by atoms with E-state index in [9.17, 15) is 29.7 Å². The fourth-order valence-electron chi connectivity index (χ4n) is 4.44. The Labute approximate surface area is 180 Å². The molecule has 4 atom stereocenters. The number of aliphatic hydroxyl groups excluding tert-OH is 1. The van der Waals surface area contributed by atoms with Crippen LogP contribution in [0.5, 0.6) is 5.75 Å². The van der Waals surface area contributed by atoms with Gasteiger partial charge in [-0.15, -0.1) is 0 Å². The first-order valence-corrected chi connectivity index (χ1v) is 10.1. The predicted molar refractivity (Wildman–Crippen MR) is 108 cm³/mol. The molecule has 4 N–H and O–H groups in total. The van der Waals surface area contributed by atoms with Gasteiger partial charge >= 0.3 is 5.97 Å². The van der Waals surface area contributed by atoms with Crippen molar-refractivity contribution in [3.8, 4) is 5.75 Å². The molecule has 30 heavy (non-hydrogen) atoms. The molecule has 2 fully saturated rings. The maximum Gasteiger partial charge on any atom is 0.327 e. The van der Waals surface area contributed by atoms with Crippen molar-refractivity contribution in [1.29, 1.82) is 0 Å². The predicted octanol–water partition coefficient (Wildman–Crippen LogP) is 1.42. The number of benzene rings is 2. The van der Waals surface area contributed by atoms with E-state index in [0.717, 1.165) is 10.5 Å². The summed E-state index contributed by atoms with van der Waals surface area (Å²) < 4.78 is 0.614. The Morgan fingerprint density at radius 1 is 1.13 bits per heavy atom. The number of halogens is 1. The number of aromatic hydroxyl groups is 1. The number of carbonyl (C=O) groups is 3. The van der Waals surface area contributed by atoms with Crippen LogP contribution in [-0.2, 0) is 20.9 Å². The number of nitrogens with zero attached hydrogens (tertiary/aromatic N) is 1. The molecule has 4 unspecified atom stereocenters. The average Bonchev–Trinajstić information content (AvgIpc) is 3.21. The third-order valence-corrected chi connectivity index (χ3v) is 6.38. The first kappa shape index (κ1) is 20.5. The third-order valence-electron chi connectivity index (χ3n) is 5.88. The van der Waals surface area contributed by atoms with Gasteiger partial charge in [0.25, 0.3) is 0 Å². The van der Waals surface area contributed by atoms with Crippen LogP contribution >= 0.6 is 15.9 Å². The summed E-state index contributed by atoms with van der Waals surface area (Å²) in [5, 5.41) is 33.1. The zero-order chi connectivity index (χ0) is 21.6. The van der Waals surface area contributed by atoms with E-state index in [0.29, 0.717) is 4.47 Å². The number of phenols is 1. The second kappa shape index (κ2) is 7.50. The topological polar surface area (TPSA) is 127 Å². The van der Waals surface area contributed by atoms with Crippen LogP contribution in [0.4, 0.5) is 0 Å². The van der Waals surface area contributed by atoms with E-state index in [-0.39, 0.29) is 17.9 Å². The van der Waals surface area contributed by atoms with Crippen molar-refractivity contribution >= 4 is 33.7 Å². The highest BCUT2D eigenvalue weighted by Crippen LogP contribution is 2.50. The van der Waals surface area contributed by atoms with Crippen LogP contribution in [0.15, 0.2) is 53.0 Å². The number of carboxylic acids is 1. The number of aliphatic hydroxyl groups is 1. The summed E-state index contributed by atoms with van der Waals surface area (Å²) in [7, 11) is 0. The molecule has 2 aliphatic rings. The lowest BCUT2D eigenvalue weighted by atomic mass is 9.79. The van der Waals surface area contributed by atoms with Gasteiger partial charge in [0.15, 0.2) is 5.54 Å². The number of hydrogen-bond donors (Lipinski definition) is 4. The van der Waals surface area contributed by atoms with Crippen molar-refractivity contribution in [2.75, 3.05) is 6.61 Å². The SMILES string of the molecule is O=C1C2C(c3cc(Br)ccc3O)NC(CO)(C(=O)O)C2C(=O)N1Cc1ccccc1. The quantitative estimate of drug-likeness (QED) is 0.482. The van der Waals surface area contributed by atoms with Crippen LogP contribution in [0.25, 0.3) is 0 Å². The lowest BCUT2D eigenvalue weighted by molar-refractivity contribution is -0.153. The van der Waals surface area contributed by atoms with E-state index in [1.807, 2.05) is 6.07 Å². The molecule has 2 heterocycles. The molecule has 156 valence electrons. The first-order valence-electron chi connectivity index (χ1n) is 9.29. The van der Waals surface area contributed by atoms with Gasteiger partial charge in [0.05, 0.1) is 25.0 Å². The maximum atomic E-state index is 13.3. The van der Waals surface area contributed by atoms with Crippen molar-refractivity contribution in [2.24, 2.45) is 11.8 Å². The number of imide groups is 1. The molecule has 2 aromatic carbocycles. The molecule has 0 bridgehead atoms. The molecule has 2 amide bonds. The van der Waals surface area contributed by atoms with Gasteiger partial charge in [-0.25, -0.2) is 0 Å². The summed E-state index contributed by atoms with van der Waals surface area (Å²) in [6.07, 6.45) is 0. The lowest BCUT2D eigenvalue weighted by Crippen LogP contribution is -2.58. The Bertz CT molecular complexity index is 1030. The van der Waals surface area contributed by atoms with E-state index < -0.39 is 47.8 Å². The number of amides is 2. The van der Waals surface area contributed by atoms with Crippen LogP contribution < -0.4 is 5.32 Å². The number of carboxylic acid groups (broad SMARTS) is 1. The van der Waals surface area contributed by atoms with E-state index >= 15 is 0 Å². The standard InChI is InChI=1S/C21H19BrN2O6/c22-12-6-7-14(26)13(8-12)17-15-16(21(10-25,23-17)20(29)30)19(28)24(18(15)27)9-11-4-2-1-3-5-11/h1-8,15-17,23,25-26H,9-10H2,(H,29,30). The van der Waals surface area contributed by atoms with Gasteiger partial charge in [-0.2, -0.15) is 0 Å². The Kier molecular flexibility index (Phi) is 5.13. The molecule has 8 nitrogen and oxygen atoms in total. The lowest BCUT2D eigenvalue weighted by Gasteiger charge is -2.29. The van der Waals surface area contributed by atoms with Crippen molar-refractivity contribution in [2.45, 2.75) is 18.1 Å². The zero-order valence-electron chi connectivity index (χ0n) is 15.7. The summed E-state index contributed by atoms with van der Waals surface area (Å²) in [4.78, 5) is 39.7. The van der Waals surface area contributed by atoms with Crippen molar-refractivity contribution < 1.29 is 29.7 Å². The molecular formula is C21H19BrN2O6. The molecule has 0 radical (unpaired) electrons. The monoisotopic (exact) mass is 474 g/mol. The summed E-state index contributed by atoms with van der Waals surface area (Å²) in [6.45, 7) is -0.878. The number of aliphatic carboxylic acids is 1. The van der Waals surface area contributed by atoms with Gasteiger partial charge in [0.2, 0.25) is 11.8 Å². The van der Waals surface area contributed by atoms with Crippen molar-refractivity contribution in [1.82, 2.24) is 10.2 Å². The Morgan fingerprint density at radius 2 is 1.83 bits per heavy atom. The Morgan fingerprint density at radius 3 is 2.47 bits per heavy atom. The summed E-state index contributed by atoms with van der Waals surface area (Å²) in [6, 6.07) is 12.5. The third kappa shape index (κ3) is 3.01. The molecule has 4 rings (SSSR count). The van der Waals surface area contributed by atoms with E-state index in [1.54, 1.807) is 36.4 Å². The van der Waals surface area contributed by atoms with Gasteiger partial charge in [-0.05, 0) is 23.8 Å². The van der Waals surface area contributed by atoms with E-state index in [1.165, 1.54) is 6.07 Å². The molecule has 0 saturated carbocycles. The molecule has 0 aromatic heterocycles. The summed E-state index contributed by atoms with van der Waals surface area (Å²) in [5.41, 5.74) is -1.04. The maximum absolute atomic E-state index is 13.3. The second-order valence-electron chi connectivity index (χ2n) is 7.51. The number of likely N-dealkylation sites (tertiary alicyclic amines) is 1. The van der Waals surface area contributed by atoms with Gasteiger partial charge in [0.1, 0.15) is 5.75 Å². The molecule has 2 saturated heterocycles. The minimum atomic E-state index is -2.04. The minimum Gasteiger partial charge on any atom is -0.508 e. The summed E-state index contributed by atoms with van der Waals surface area (Å²) >= 11 is 3.31. The second-order valence-corrected chi connectivity index (χ2v) is 8.43. The minimum absolute atomic E-state index is 0.00379. The van der Waals surface area contributed by atoms with Crippen LogP contribution in [0, 0.1) is 11.8 Å². The molecule has 9 heteroatoms. The highest BCUT2D eigenvalue weighted by Gasteiger charge is 2.68. The summed E-state index contributed by atoms with van der Waals surface area (Å²) in [5.74, 6) is -5.16. The normalized spacial score (nSPS) is 28.1. The molecule has 2 aromatic rings. The number of carbonyl (C=O) groups excluding carboxylic acids is 2. The highest BCUT2D eigenvalue weighted by atomic mass is 79.9. The number of fused-ring (bicyclic) bond motifs is 1. The van der Waals surface area contributed by atoms with E-state index in [2.05, 4.69) is 21.2 Å². The fraction of sp³-hybridized carbons (Fsp3) is 0.286. The number of nitrogens with one attached hydrogen (secondary N) is 1. The zero-order valence-corrected chi connectivity index (χ0v) is 17.2. The molecule has 2 aliphatic heterocycles. The van der Waals surface area contributed by atoms with Gasteiger partial charge in [0, 0.05) is 16.1 Å². The molecule has 0 spiro atoms. The number of phenolic OH excluding ortho intramolecular Hbond substituents is 1. The molecule has 0 aliphatic carbocycles. The fourth-order valence-corrected chi connectivity index (χ4v) is 4.81. The van der Waals surface area contributed by atoms with Gasteiger partial charge < -0.3 is 15.3 Å². The van der Waals surface area contributed by atoms with Crippen molar-refractivity contribution in [3.05, 3.63) is 64.1 Å². The average molecular weight is 475 g/mol. The highest BCUT2D eigenvalue weighted by molar-refractivity contribution is 9.10. The van der Waals surface area contributed by atoms with Crippen molar-refractivity contribution in [3.63, 3.8) is 0 Å². The smallest absolute Gasteiger partial charge is 0.327 e. The van der Waals surface area contributed by atoms with Gasteiger partial charge in [-0.3, -0.25) is 24.6 Å². The van der Waals surface area contributed by atoms with Crippen LogP contribution in [-0.4, -0.2) is 50.1 Å². The number of hydrogen-bond acceptors (Lipinski definition) is 6. The first-order chi connectivity index (χ1) is 14.3. The van der Waals surface area contributed by atoms with Crippen LogP contribution in [0.3, 0.4) is 0 Å². The molecular weight excluding hydrogens is 456 g/mol. The van der Waals surface area contributed by atoms with Gasteiger partial charge in [-0.1, -0.05) is 46.3 Å². The Balaban J connectivity index is 1.81.